The molecule has 0 saturated carbocycles. The molecule has 1 aromatic carbocycles. The Morgan fingerprint density at radius 2 is 1.89 bits per heavy atom. The van der Waals surface area contributed by atoms with E-state index in [0.717, 1.165) is 12.1 Å². The molecule has 2 aromatic rings. The normalized spacial score (nSPS) is 10.3. The third-order valence-corrected chi connectivity index (χ3v) is 3.40. The van der Waals surface area contributed by atoms with Crippen LogP contribution in [0.1, 0.15) is 43.2 Å². The second-order valence-electron chi connectivity index (χ2n) is 5.07. The van der Waals surface area contributed by atoms with Crippen LogP contribution in [0.3, 0.4) is 0 Å². The van der Waals surface area contributed by atoms with E-state index < -0.39 is 0 Å². The Hall–Kier alpha value is -1.89. The predicted molar refractivity (Wildman–Crippen MR) is 82.2 cm³/mol. The summed E-state index contributed by atoms with van der Waals surface area (Å²) in [6.07, 6.45) is 2.92. The van der Waals surface area contributed by atoms with Gasteiger partial charge in [-0.1, -0.05) is 42.8 Å². The van der Waals surface area contributed by atoms with Crippen molar-refractivity contribution in [3.05, 3.63) is 70.6 Å². The first kappa shape index (κ1) is 13.5. The minimum absolute atomic E-state index is 1.07. The monoisotopic (exact) mass is 251 g/mol. The molecule has 0 aliphatic rings. The summed E-state index contributed by atoms with van der Waals surface area (Å²) >= 11 is 0. The number of hydrogen-bond acceptors (Lipinski definition) is 1. The summed E-state index contributed by atoms with van der Waals surface area (Å²) < 4.78 is 0. The lowest BCUT2D eigenvalue weighted by Gasteiger charge is -2.14. The maximum atomic E-state index is 4.42. The first-order chi connectivity index (χ1) is 9.13. The van der Waals surface area contributed by atoms with Gasteiger partial charge in [-0.25, -0.2) is 0 Å². The van der Waals surface area contributed by atoms with Crippen molar-refractivity contribution < 1.29 is 0 Å². The summed E-state index contributed by atoms with van der Waals surface area (Å²) in [7, 11) is 0. The molecule has 0 radical (unpaired) electrons. The molecular weight excluding hydrogens is 230 g/mol. The minimum Gasteiger partial charge on any atom is -0.261 e. The second-order valence-corrected chi connectivity index (χ2v) is 5.07. The zero-order chi connectivity index (χ0) is 13.8. The van der Waals surface area contributed by atoms with E-state index in [4.69, 9.17) is 0 Å². The van der Waals surface area contributed by atoms with Gasteiger partial charge in [0.05, 0.1) is 0 Å². The van der Waals surface area contributed by atoms with E-state index >= 15 is 0 Å². The van der Waals surface area contributed by atoms with Gasteiger partial charge in [0.15, 0.2) is 0 Å². The number of rotatable bonds is 3. The van der Waals surface area contributed by atoms with Gasteiger partial charge in [-0.2, -0.15) is 0 Å². The van der Waals surface area contributed by atoms with Gasteiger partial charge < -0.3 is 0 Å². The highest BCUT2D eigenvalue weighted by atomic mass is 14.7. The van der Waals surface area contributed by atoms with Crippen molar-refractivity contribution in [2.45, 2.75) is 34.1 Å². The molecule has 1 aromatic heterocycles. The van der Waals surface area contributed by atoms with Crippen LogP contribution in [0.4, 0.5) is 0 Å². The SMILES string of the molecule is CCc1cccc(C(=C(C)C)c2cccnc2C)c1. The first-order valence-electron chi connectivity index (χ1n) is 6.82. The van der Waals surface area contributed by atoms with Gasteiger partial charge in [0.25, 0.3) is 0 Å². The van der Waals surface area contributed by atoms with Gasteiger partial charge in [-0.15, -0.1) is 0 Å². The molecule has 19 heavy (non-hydrogen) atoms. The molecule has 0 spiro atoms. The van der Waals surface area contributed by atoms with Crippen LogP contribution >= 0.6 is 0 Å². The van der Waals surface area contributed by atoms with Crippen LogP contribution in [-0.2, 0) is 6.42 Å². The van der Waals surface area contributed by atoms with Crippen LogP contribution in [0.2, 0.25) is 0 Å². The molecule has 1 heterocycles. The van der Waals surface area contributed by atoms with Crippen molar-refractivity contribution in [2.75, 3.05) is 0 Å². The third kappa shape index (κ3) is 2.93. The summed E-state index contributed by atoms with van der Waals surface area (Å²) in [6.45, 7) is 8.60. The number of allylic oxidation sites excluding steroid dienone is 1. The molecule has 0 bridgehead atoms. The quantitative estimate of drug-likeness (QED) is 0.764. The summed E-state index contributed by atoms with van der Waals surface area (Å²) in [5.74, 6) is 0. The van der Waals surface area contributed by atoms with E-state index in [1.54, 1.807) is 0 Å². The number of hydrogen-bond donors (Lipinski definition) is 0. The highest BCUT2D eigenvalue weighted by Crippen LogP contribution is 2.28. The largest absolute Gasteiger partial charge is 0.261 e. The van der Waals surface area contributed by atoms with Crippen LogP contribution in [-0.4, -0.2) is 4.98 Å². The van der Waals surface area contributed by atoms with Gasteiger partial charge in [-0.3, -0.25) is 4.98 Å². The summed E-state index contributed by atoms with van der Waals surface area (Å²) in [4.78, 5) is 4.42. The summed E-state index contributed by atoms with van der Waals surface area (Å²) in [5, 5.41) is 0. The fourth-order valence-electron chi connectivity index (χ4n) is 2.41. The molecule has 98 valence electrons. The average molecular weight is 251 g/mol. The van der Waals surface area contributed by atoms with Crippen LogP contribution in [0, 0.1) is 6.92 Å². The van der Waals surface area contributed by atoms with Gasteiger partial charge in [0, 0.05) is 17.5 Å². The van der Waals surface area contributed by atoms with E-state index in [2.05, 4.69) is 63.0 Å². The van der Waals surface area contributed by atoms with E-state index in [-0.39, 0.29) is 0 Å². The number of aromatic nitrogens is 1. The van der Waals surface area contributed by atoms with E-state index in [1.165, 1.54) is 27.8 Å². The first-order valence-corrected chi connectivity index (χ1v) is 6.82. The van der Waals surface area contributed by atoms with E-state index in [0.29, 0.717) is 0 Å². The van der Waals surface area contributed by atoms with Crippen LogP contribution in [0.15, 0.2) is 48.2 Å². The number of aryl methyl sites for hydroxylation is 2. The summed E-state index contributed by atoms with van der Waals surface area (Å²) in [5.41, 5.74) is 7.61. The van der Waals surface area contributed by atoms with Crippen molar-refractivity contribution in [2.24, 2.45) is 0 Å². The standard InChI is InChI=1S/C18H21N/c1-5-15-8-6-9-16(12-15)18(13(2)3)17-10-7-11-19-14(17)4/h6-12H,5H2,1-4H3. The Bertz CT molecular complexity index is 605. The number of benzene rings is 1. The highest BCUT2D eigenvalue weighted by Gasteiger charge is 2.10. The van der Waals surface area contributed by atoms with Gasteiger partial charge in [0.1, 0.15) is 0 Å². The van der Waals surface area contributed by atoms with Gasteiger partial charge in [0.2, 0.25) is 0 Å². The van der Waals surface area contributed by atoms with Gasteiger partial charge >= 0.3 is 0 Å². The van der Waals surface area contributed by atoms with Crippen molar-refractivity contribution in [1.29, 1.82) is 0 Å². The van der Waals surface area contributed by atoms with Crippen LogP contribution < -0.4 is 0 Å². The molecule has 2 rings (SSSR count). The molecule has 0 aliphatic carbocycles. The Morgan fingerprint density at radius 1 is 1.11 bits per heavy atom. The fraction of sp³-hybridized carbons (Fsp3) is 0.278. The van der Waals surface area contributed by atoms with E-state index in [1.807, 2.05) is 12.3 Å². The van der Waals surface area contributed by atoms with Crippen molar-refractivity contribution in [3.8, 4) is 0 Å². The zero-order valence-electron chi connectivity index (χ0n) is 12.2. The molecule has 0 saturated heterocycles. The Labute approximate surface area is 116 Å². The lowest BCUT2D eigenvalue weighted by molar-refractivity contribution is 1.13. The predicted octanol–water partition coefficient (Wildman–Crippen LogP) is 4.79. The molecule has 0 N–H and O–H groups in total. The molecule has 0 unspecified atom stereocenters. The van der Waals surface area contributed by atoms with Crippen molar-refractivity contribution in [3.63, 3.8) is 0 Å². The molecule has 0 aliphatic heterocycles. The zero-order valence-corrected chi connectivity index (χ0v) is 12.2. The van der Waals surface area contributed by atoms with Gasteiger partial charge in [-0.05, 0) is 50.0 Å². The van der Waals surface area contributed by atoms with Crippen LogP contribution in [0.25, 0.3) is 5.57 Å². The lowest BCUT2D eigenvalue weighted by atomic mass is 9.92. The van der Waals surface area contributed by atoms with E-state index in [9.17, 15) is 0 Å². The molecule has 0 fully saturated rings. The Morgan fingerprint density at radius 3 is 2.53 bits per heavy atom. The molecule has 1 nitrogen and oxygen atoms in total. The Kier molecular flexibility index (Phi) is 4.16. The maximum Gasteiger partial charge on any atom is 0.0451 e. The lowest BCUT2D eigenvalue weighted by Crippen LogP contribution is -1.96. The molecule has 1 heteroatoms. The second kappa shape index (κ2) is 5.83. The summed E-state index contributed by atoms with van der Waals surface area (Å²) in [6, 6.07) is 13.0. The van der Waals surface area contributed by atoms with Crippen molar-refractivity contribution in [1.82, 2.24) is 4.98 Å². The number of pyridine rings is 1. The third-order valence-electron chi connectivity index (χ3n) is 3.40. The highest BCUT2D eigenvalue weighted by molar-refractivity contribution is 5.82. The van der Waals surface area contributed by atoms with Crippen LogP contribution in [0.5, 0.6) is 0 Å². The molecule has 0 amide bonds. The number of nitrogens with zero attached hydrogens (tertiary/aromatic N) is 1. The molecule has 0 atom stereocenters. The topological polar surface area (TPSA) is 12.9 Å². The van der Waals surface area contributed by atoms with Crippen molar-refractivity contribution >= 4 is 5.57 Å². The maximum absolute atomic E-state index is 4.42. The fourth-order valence-corrected chi connectivity index (χ4v) is 2.41. The average Bonchev–Trinajstić information content (AvgIpc) is 2.41. The molecular formula is C18H21N. The smallest absolute Gasteiger partial charge is 0.0451 e. The minimum atomic E-state index is 1.07. The Balaban J connectivity index is 2.60.